The molecule has 0 aliphatic heterocycles. The predicted molar refractivity (Wildman–Crippen MR) is 377 cm³/mol. The van der Waals surface area contributed by atoms with E-state index < -0.39 is 97.5 Å². The Labute approximate surface area is 568 Å². The number of phosphoric acid groups is 2. The van der Waals surface area contributed by atoms with Gasteiger partial charge in [0.15, 0.2) is 12.2 Å². The second kappa shape index (κ2) is 67.3. The van der Waals surface area contributed by atoms with Crippen molar-refractivity contribution in [1.29, 1.82) is 0 Å². The summed E-state index contributed by atoms with van der Waals surface area (Å²) in [6, 6.07) is 0. The molecule has 5 atom stereocenters. The van der Waals surface area contributed by atoms with Crippen LogP contribution in [0.5, 0.6) is 0 Å². The van der Waals surface area contributed by atoms with Crippen LogP contribution < -0.4 is 0 Å². The van der Waals surface area contributed by atoms with E-state index in [4.69, 9.17) is 37.0 Å². The molecule has 0 heterocycles. The molecule has 0 aliphatic carbocycles. The summed E-state index contributed by atoms with van der Waals surface area (Å²) in [5.74, 6) is -1.33. The van der Waals surface area contributed by atoms with E-state index in [1.54, 1.807) is 0 Å². The van der Waals surface area contributed by atoms with Gasteiger partial charge < -0.3 is 33.8 Å². The standard InChI is InChI=1S/C74H144O17P2/c1-6-9-12-15-18-21-22-23-24-25-26-27-28-31-35-40-45-50-55-60-74(79)91-70(64-85-72(77)58-53-48-43-39-34-32-29-30-33-38-41-46-51-56-67(4)5)66-89-93(82,83)87-62-68(75)61-86-92(80,81)88-65-69(90-73(78)59-54-49-44-37-20-17-14-11-8-3)63-84-71(76)57-52-47-42-36-19-16-13-10-7-2/h67-70,75H,6-66H2,1-5H3,(H,80,81)(H,82,83)/t68-,69+,70+/m0/s1. The Bertz CT molecular complexity index is 1790. The van der Waals surface area contributed by atoms with Crippen LogP contribution in [0.25, 0.3) is 0 Å². The van der Waals surface area contributed by atoms with Crippen LogP contribution in [-0.4, -0.2) is 96.7 Å². The molecular formula is C74H144O17P2. The van der Waals surface area contributed by atoms with Crippen molar-refractivity contribution in [2.24, 2.45) is 5.92 Å². The topological polar surface area (TPSA) is 237 Å². The third kappa shape index (κ3) is 68.4. The quantitative estimate of drug-likeness (QED) is 0.0222. The van der Waals surface area contributed by atoms with Crippen LogP contribution in [0.2, 0.25) is 0 Å². The Hall–Kier alpha value is -1.94. The van der Waals surface area contributed by atoms with Crippen LogP contribution in [-0.2, 0) is 65.4 Å². The molecule has 0 aromatic heterocycles. The van der Waals surface area contributed by atoms with E-state index in [0.717, 1.165) is 95.8 Å². The van der Waals surface area contributed by atoms with Crippen molar-refractivity contribution in [1.82, 2.24) is 0 Å². The third-order valence-electron chi connectivity index (χ3n) is 17.3. The van der Waals surface area contributed by atoms with Crippen molar-refractivity contribution >= 4 is 39.5 Å². The van der Waals surface area contributed by atoms with E-state index in [1.165, 1.54) is 212 Å². The predicted octanol–water partition coefficient (Wildman–Crippen LogP) is 21.7. The lowest BCUT2D eigenvalue weighted by atomic mass is 10.0. The first-order valence-corrected chi connectivity index (χ1v) is 41.6. The second-order valence-corrected chi connectivity index (χ2v) is 30.1. The molecule has 0 aromatic carbocycles. The smallest absolute Gasteiger partial charge is 0.462 e. The summed E-state index contributed by atoms with van der Waals surface area (Å²) < 4.78 is 68.3. The van der Waals surface area contributed by atoms with Crippen molar-refractivity contribution in [2.75, 3.05) is 39.6 Å². The minimum Gasteiger partial charge on any atom is -0.462 e. The maximum Gasteiger partial charge on any atom is 0.472 e. The van der Waals surface area contributed by atoms with Gasteiger partial charge in [-0.2, -0.15) is 0 Å². The monoisotopic (exact) mass is 1370 g/mol. The van der Waals surface area contributed by atoms with Crippen molar-refractivity contribution in [3.05, 3.63) is 0 Å². The van der Waals surface area contributed by atoms with Crippen LogP contribution in [0.4, 0.5) is 0 Å². The average molecular weight is 1370 g/mol. The minimum absolute atomic E-state index is 0.106. The van der Waals surface area contributed by atoms with Crippen molar-refractivity contribution < 1.29 is 80.2 Å². The zero-order valence-corrected chi connectivity index (χ0v) is 62.2. The maximum atomic E-state index is 13.1. The largest absolute Gasteiger partial charge is 0.472 e. The van der Waals surface area contributed by atoms with Crippen LogP contribution in [0.3, 0.4) is 0 Å². The fraction of sp³-hybridized carbons (Fsp3) is 0.946. The molecule has 0 aliphatic rings. The number of rotatable bonds is 74. The number of hydrogen-bond donors (Lipinski definition) is 3. The van der Waals surface area contributed by atoms with Gasteiger partial charge in [-0.1, -0.05) is 336 Å². The highest BCUT2D eigenvalue weighted by molar-refractivity contribution is 7.47. The van der Waals surface area contributed by atoms with Gasteiger partial charge in [-0.25, -0.2) is 9.13 Å². The molecule has 0 rings (SSSR count). The highest BCUT2D eigenvalue weighted by Crippen LogP contribution is 2.45. The molecule has 19 heteroatoms. The molecule has 17 nitrogen and oxygen atoms in total. The Morgan fingerprint density at radius 2 is 0.495 bits per heavy atom. The zero-order valence-electron chi connectivity index (χ0n) is 60.4. The molecule has 2 unspecified atom stereocenters. The van der Waals surface area contributed by atoms with Crippen LogP contribution in [0.1, 0.15) is 388 Å². The summed E-state index contributed by atoms with van der Waals surface area (Å²) in [6.07, 6.45) is 55.6. The first-order chi connectivity index (χ1) is 45.0. The van der Waals surface area contributed by atoms with E-state index in [1.807, 2.05) is 0 Å². The van der Waals surface area contributed by atoms with Gasteiger partial charge in [0, 0.05) is 25.7 Å². The Morgan fingerprint density at radius 3 is 0.731 bits per heavy atom. The third-order valence-corrected chi connectivity index (χ3v) is 19.2. The lowest BCUT2D eigenvalue weighted by Gasteiger charge is -2.21. The molecule has 0 fully saturated rings. The summed E-state index contributed by atoms with van der Waals surface area (Å²) in [6.45, 7) is 7.26. The van der Waals surface area contributed by atoms with Gasteiger partial charge in [-0.3, -0.25) is 37.3 Å². The molecule has 0 radical (unpaired) electrons. The second-order valence-electron chi connectivity index (χ2n) is 27.2. The van der Waals surface area contributed by atoms with E-state index in [9.17, 15) is 43.2 Å². The van der Waals surface area contributed by atoms with Crippen molar-refractivity contribution in [3.8, 4) is 0 Å². The molecule has 93 heavy (non-hydrogen) atoms. The van der Waals surface area contributed by atoms with Gasteiger partial charge in [0.25, 0.3) is 0 Å². The minimum atomic E-state index is -4.95. The summed E-state index contributed by atoms with van der Waals surface area (Å²) >= 11 is 0. The zero-order chi connectivity index (χ0) is 68.4. The number of carbonyl (C=O) groups excluding carboxylic acids is 4. The molecule has 0 amide bonds. The number of ether oxygens (including phenoxy) is 4. The van der Waals surface area contributed by atoms with Crippen molar-refractivity contribution in [3.63, 3.8) is 0 Å². The molecule has 0 bridgehead atoms. The van der Waals surface area contributed by atoms with Gasteiger partial charge >= 0.3 is 39.5 Å². The highest BCUT2D eigenvalue weighted by atomic mass is 31.2. The normalized spacial score (nSPS) is 14.0. The van der Waals surface area contributed by atoms with Gasteiger partial charge in [0.2, 0.25) is 0 Å². The van der Waals surface area contributed by atoms with E-state index in [0.29, 0.717) is 25.7 Å². The molecule has 552 valence electrons. The van der Waals surface area contributed by atoms with Crippen molar-refractivity contribution in [2.45, 2.75) is 406 Å². The number of esters is 4. The fourth-order valence-corrected chi connectivity index (χ4v) is 12.9. The van der Waals surface area contributed by atoms with Crippen LogP contribution >= 0.6 is 15.6 Å². The van der Waals surface area contributed by atoms with Gasteiger partial charge in [-0.15, -0.1) is 0 Å². The van der Waals surface area contributed by atoms with Crippen LogP contribution in [0, 0.1) is 5.92 Å². The van der Waals surface area contributed by atoms with E-state index >= 15 is 0 Å². The Balaban J connectivity index is 5.19. The van der Waals surface area contributed by atoms with E-state index in [2.05, 4.69) is 34.6 Å². The molecule has 0 saturated carbocycles. The summed E-state index contributed by atoms with van der Waals surface area (Å²) in [5.41, 5.74) is 0. The number of hydrogen-bond acceptors (Lipinski definition) is 15. The van der Waals surface area contributed by atoms with Gasteiger partial charge in [-0.05, 0) is 31.6 Å². The molecule has 0 spiro atoms. The number of aliphatic hydroxyl groups is 1. The Morgan fingerprint density at radius 1 is 0.290 bits per heavy atom. The summed E-state index contributed by atoms with van der Waals surface area (Å²) in [7, 11) is -9.90. The summed E-state index contributed by atoms with van der Waals surface area (Å²) in [5, 5.41) is 10.6. The fourth-order valence-electron chi connectivity index (χ4n) is 11.4. The average Bonchev–Trinajstić information content (AvgIpc) is 2.49. The Kier molecular flexibility index (Phi) is 65.9. The SMILES string of the molecule is CCCCCCCCCCCCCCCCCCCCCC(=O)O[C@H](COC(=O)CCCCCCCCCCCCCCCC(C)C)COP(=O)(O)OC[C@@H](O)COP(=O)(O)OC[C@@H](COC(=O)CCCCCCCCCCC)OC(=O)CCCCCCCCCCC. The molecular weight excluding hydrogens is 1220 g/mol. The molecule has 0 saturated heterocycles. The highest BCUT2D eigenvalue weighted by Gasteiger charge is 2.30. The number of carbonyl (C=O) groups is 4. The number of aliphatic hydroxyl groups excluding tert-OH is 1. The first kappa shape index (κ1) is 91.1. The molecule has 0 aromatic rings. The number of phosphoric ester groups is 2. The number of unbranched alkanes of at least 4 members (excludes halogenated alkanes) is 46. The van der Waals surface area contributed by atoms with Gasteiger partial charge in [0.05, 0.1) is 26.4 Å². The lowest BCUT2D eigenvalue weighted by Crippen LogP contribution is -2.30. The van der Waals surface area contributed by atoms with Gasteiger partial charge in [0.1, 0.15) is 19.3 Å². The first-order valence-electron chi connectivity index (χ1n) is 38.6. The molecule has 3 N–H and O–H groups in total. The van der Waals surface area contributed by atoms with Crippen LogP contribution in [0.15, 0.2) is 0 Å². The lowest BCUT2D eigenvalue weighted by molar-refractivity contribution is -0.161. The maximum absolute atomic E-state index is 13.1. The summed E-state index contributed by atoms with van der Waals surface area (Å²) in [4.78, 5) is 72.6. The van der Waals surface area contributed by atoms with E-state index in [-0.39, 0.29) is 25.7 Å².